The molecule has 1 heterocycles. The molecule has 1 aromatic heterocycles. The molecule has 21 heavy (non-hydrogen) atoms. The fourth-order valence-electron chi connectivity index (χ4n) is 2.40. The maximum atomic E-state index is 5.86. The number of benzene rings is 2. The fraction of sp³-hybridized carbons (Fsp3) is 0.250. The Morgan fingerprint density at radius 3 is 2.81 bits per heavy atom. The zero-order valence-corrected chi connectivity index (χ0v) is 11.9. The first-order valence-corrected chi connectivity index (χ1v) is 6.90. The first-order chi connectivity index (χ1) is 10.3. The van der Waals surface area contributed by atoms with Crippen molar-refractivity contribution in [3.05, 3.63) is 53.7 Å². The normalized spacial score (nSPS) is 11.0. The number of nitrogens with two attached hydrogens (primary N) is 1. The third kappa shape index (κ3) is 2.87. The lowest BCUT2D eigenvalue weighted by Crippen LogP contribution is -2.06. The quantitative estimate of drug-likeness (QED) is 0.779. The van der Waals surface area contributed by atoms with Crippen molar-refractivity contribution in [2.24, 2.45) is 5.73 Å². The molecule has 5 heteroatoms. The van der Waals surface area contributed by atoms with E-state index in [9.17, 15) is 0 Å². The second-order valence-electron chi connectivity index (χ2n) is 4.82. The summed E-state index contributed by atoms with van der Waals surface area (Å²) in [6.07, 6.45) is 0.766. The lowest BCUT2D eigenvalue weighted by atomic mass is 10.0. The maximum absolute atomic E-state index is 5.86. The van der Waals surface area contributed by atoms with E-state index in [2.05, 4.69) is 22.3 Å². The van der Waals surface area contributed by atoms with Crippen LogP contribution in [0.4, 0.5) is 0 Å². The Labute approximate surface area is 122 Å². The van der Waals surface area contributed by atoms with Crippen LogP contribution in [0, 0.1) is 6.92 Å². The molecule has 108 valence electrons. The average molecular weight is 283 g/mol. The van der Waals surface area contributed by atoms with Crippen LogP contribution >= 0.6 is 0 Å². The monoisotopic (exact) mass is 283 g/mol. The lowest BCUT2D eigenvalue weighted by molar-refractivity contribution is 0.283. The van der Waals surface area contributed by atoms with Crippen molar-refractivity contribution in [2.45, 2.75) is 20.0 Å². The van der Waals surface area contributed by atoms with Crippen molar-refractivity contribution < 1.29 is 9.26 Å². The van der Waals surface area contributed by atoms with E-state index in [1.807, 2.05) is 24.3 Å². The third-order valence-electron chi connectivity index (χ3n) is 3.32. The van der Waals surface area contributed by atoms with Crippen molar-refractivity contribution in [3.63, 3.8) is 0 Å². The largest absolute Gasteiger partial charge is 0.485 e. The van der Waals surface area contributed by atoms with Gasteiger partial charge in [0.1, 0.15) is 5.75 Å². The third-order valence-corrected chi connectivity index (χ3v) is 3.32. The van der Waals surface area contributed by atoms with Gasteiger partial charge in [0.25, 0.3) is 0 Å². The molecule has 0 saturated heterocycles. The highest BCUT2D eigenvalue weighted by Crippen LogP contribution is 2.28. The van der Waals surface area contributed by atoms with Gasteiger partial charge in [0.2, 0.25) is 11.7 Å². The minimum Gasteiger partial charge on any atom is -0.485 e. The van der Waals surface area contributed by atoms with Gasteiger partial charge in [-0.15, -0.1) is 0 Å². The highest BCUT2D eigenvalue weighted by molar-refractivity contribution is 5.87. The van der Waals surface area contributed by atoms with Crippen LogP contribution in [0.1, 0.15) is 17.3 Å². The summed E-state index contributed by atoms with van der Waals surface area (Å²) in [4.78, 5) is 4.14. The second-order valence-corrected chi connectivity index (χ2v) is 4.82. The van der Waals surface area contributed by atoms with E-state index in [0.717, 1.165) is 17.7 Å². The summed E-state index contributed by atoms with van der Waals surface area (Å²) in [5.74, 6) is 1.90. The van der Waals surface area contributed by atoms with Gasteiger partial charge in [-0.2, -0.15) is 4.98 Å². The number of aromatic nitrogens is 2. The molecule has 3 rings (SSSR count). The lowest BCUT2D eigenvalue weighted by Gasteiger charge is -2.12. The molecule has 0 spiro atoms. The van der Waals surface area contributed by atoms with E-state index in [1.165, 1.54) is 10.8 Å². The summed E-state index contributed by atoms with van der Waals surface area (Å²) in [5, 5.41) is 6.19. The number of rotatable bonds is 5. The molecule has 0 unspecified atom stereocenters. The first kappa shape index (κ1) is 13.6. The van der Waals surface area contributed by atoms with Gasteiger partial charge in [-0.25, -0.2) is 0 Å². The molecule has 5 nitrogen and oxygen atoms in total. The van der Waals surface area contributed by atoms with Crippen LogP contribution in [0.2, 0.25) is 0 Å². The van der Waals surface area contributed by atoms with Gasteiger partial charge in [-0.05, 0) is 29.8 Å². The molecule has 0 fully saturated rings. The number of nitrogens with zero attached hydrogens (tertiary/aromatic N) is 2. The van der Waals surface area contributed by atoms with E-state index < -0.39 is 0 Å². The summed E-state index contributed by atoms with van der Waals surface area (Å²) in [6.45, 7) is 2.62. The smallest absolute Gasteiger partial charge is 0.223 e. The molecule has 2 N–H and O–H groups in total. The number of fused-ring (bicyclic) bond motifs is 1. The van der Waals surface area contributed by atoms with Gasteiger partial charge in [0.15, 0.2) is 6.61 Å². The van der Waals surface area contributed by atoms with Crippen molar-refractivity contribution in [3.8, 4) is 5.75 Å². The predicted octanol–water partition coefficient (Wildman–Crippen LogP) is 2.61. The summed E-state index contributed by atoms with van der Waals surface area (Å²) in [6, 6.07) is 12.2. The summed E-state index contributed by atoms with van der Waals surface area (Å²) in [5.41, 5.74) is 6.86. The number of ether oxygens (including phenoxy) is 1. The first-order valence-electron chi connectivity index (χ1n) is 6.90. The highest BCUT2D eigenvalue weighted by atomic mass is 16.5. The van der Waals surface area contributed by atoms with Crippen LogP contribution in [-0.2, 0) is 13.0 Å². The standard InChI is InChI=1S/C16H17N3O2/c1-11-18-16(19-21-11)10-20-15-7-6-12-4-2-3-5-13(12)14(15)8-9-17/h2-7H,8-10,17H2,1H3. The average Bonchev–Trinajstić information content (AvgIpc) is 2.92. The van der Waals surface area contributed by atoms with Gasteiger partial charge >= 0.3 is 0 Å². The van der Waals surface area contributed by atoms with Gasteiger partial charge in [0, 0.05) is 12.5 Å². The van der Waals surface area contributed by atoms with Crippen LogP contribution < -0.4 is 10.5 Å². The van der Waals surface area contributed by atoms with Crippen LogP contribution in [0.5, 0.6) is 5.75 Å². The van der Waals surface area contributed by atoms with E-state index >= 15 is 0 Å². The second kappa shape index (κ2) is 5.93. The Bertz CT molecular complexity index is 752. The Morgan fingerprint density at radius 2 is 2.05 bits per heavy atom. The van der Waals surface area contributed by atoms with E-state index in [-0.39, 0.29) is 6.61 Å². The molecule has 0 aliphatic carbocycles. The molecule has 0 amide bonds. The van der Waals surface area contributed by atoms with Crippen LogP contribution in [-0.4, -0.2) is 16.7 Å². The summed E-state index contributed by atoms with van der Waals surface area (Å²) >= 11 is 0. The number of hydrogen-bond donors (Lipinski definition) is 1. The number of aryl methyl sites for hydroxylation is 1. The Hall–Kier alpha value is -2.40. The minimum absolute atomic E-state index is 0.285. The molecule has 0 radical (unpaired) electrons. The molecule has 0 saturated carbocycles. The minimum atomic E-state index is 0.285. The van der Waals surface area contributed by atoms with Crippen LogP contribution in [0.3, 0.4) is 0 Å². The molecule has 0 aliphatic heterocycles. The van der Waals surface area contributed by atoms with Gasteiger partial charge < -0.3 is 15.0 Å². The molecular formula is C16H17N3O2. The van der Waals surface area contributed by atoms with E-state index in [0.29, 0.717) is 18.3 Å². The van der Waals surface area contributed by atoms with Crippen molar-refractivity contribution in [1.29, 1.82) is 0 Å². The molecule has 0 aliphatic rings. The maximum Gasteiger partial charge on any atom is 0.223 e. The van der Waals surface area contributed by atoms with Gasteiger partial charge in [-0.3, -0.25) is 0 Å². The topological polar surface area (TPSA) is 74.2 Å². The number of hydrogen-bond acceptors (Lipinski definition) is 5. The van der Waals surface area contributed by atoms with Gasteiger partial charge in [0.05, 0.1) is 0 Å². The van der Waals surface area contributed by atoms with Crippen LogP contribution in [0.15, 0.2) is 40.9 Å². The van der Waals surface area contributed by atoms with E-state index in [4.69, 9.17) is 15.0 Å². The molecular weight excluding hydrogens is 266 g/mol. The zero-order chi connectivity index (χ0) is 14.7. The predicted molar refractivity (Wildman–Crippen MR) is 80.1 cm³/mol. The van der Waals surface area contributed by atoms with Gasteiger partial charge in [-0.1, -0.05) is 35.5 Å². The molecule has 0 atom stereocenters. The highest BCUT2D eigenvalue weighted by Gasteiger charge is 2.10. The van der Waals surface area contributed by atoms with Crippen molar-refractivity contribution in [1.82, 2.24) is 10.1 Å². The SMILES string of the molecule is Cc1nc(COc2ccc3ccccc3c2CCN)no1. The zero-order valence-electron chi connectivity index (χ0n) is 11.9. The van der Waals surface area contributed by atoms with E-state index in [1.54, 1.807) is 6.92 Å². The van der Waals surface area contributed by atoms with Crippen LogP contribution in [0.25, 0.3) is 10.8 Å². The molecule has 2 aromatic carbocycles. The summed E-state index contributed by atoms with van der Waals surface area (Å²) in [7, 11) is 0. The Balaban J connectivity index is 1.91. The Kier molecular flexibility index (Phi) is 3.83. The van der Waals surface area contributed by atoms with Crippen molar-refractivity contribution in [2.75, 3.05) is 6.54 Å². The Morgan fingerprint density at radius 1 is 1.19 bits per heavy atom. The molecule has 3 aromatic rings. The van der Waals surface area contributed by atoms with Crippen molar-refractivity contribution >= 4 is 10.8 Å². The fourth-order valence-corrected chi connectivity index (χ4v) is 2.40. The summed E-state index contributed by atoms with van der Waals surface area (Å²) < 4.78 is 10.8. The molecule has 0 bridgehead atoms.